The first kappa shape index (κ1) is 15.9. The molecule has 0 aliphatic carbocycles. The molecule has 1 amide bonds. The molecule has 0 atom stereocenters. The monoisotopic (exact) mass is 340 g/mol. The molecule has 0 aliphatic heterocycles. The molecule has 0 aliphatic rings. The maximum atomic E-state index is 11.8. The van der Waals surface area contributed by atoms with Crippen molar-refractivity contribution in [3.05, 3.63) is 54.1 Å². The van der Waals surface area contributed by atoms with Crippen molar-refractivity contribution in [3.63, 3.8) is 0 Å². The number of rotatable bonds is 6. The zero-order valence-electron chi connectivity index (χ0n) is 13.0. The molecule has 3 aromatic rings. The number of carbonyl (C=O) groups is 1. The Kier molecular flexibility index (Phi) is 5.02. The Bertz CT molecular complexity index is 825. The fourth-order valence-electron chi connectivity index (χ4n) is 2.01. The Hall–Kier alpha value is -2.93. The van der Waals surface area contributed by atoms with Gasteiger partial charge in [0, 0.05) is 0 Å². The van der Waals surface area contributed by atoms with Crippen molar-refractivity contribution in [3.8, 4) is 5.75 Å². The van der Waals surface area contributed by atoms with E-state index in [4.69, 9.17) is 4.74 Å². The third-order valence-electron chi connectivity index (χ3n) is 3.21. The van der Waals surface area contributed by atoms with Crippen LogP contribution in [0.1, 0.15) is 5.56 Å². The van der Waals surface area contributed by atoms with Crippen LogP contribution in [0.3, 0.4) is 0 Å². The molecule has 2 N–H and O–H groups in total. The van der Waals surface area contributed by atoms with Crippen LogP contribution in [0.4, 0.5) is 5.13 Å². The lowest BCUT2D eigenvalue weighted by molar-refractivity contribution is -0.119. The molecule has 24 heavy (non-hydrogen) atoms. The molecule has 6 nitrogen and oxygen atoms in total. The number of fused-ring (bicyclic) bond motifs is 1. The summed E-state index contributed by atoms with van der Waals surface area (Å²) in [6, 6.07) is 15.2. The van der Waals surface area contributed by atoms with Crippen LogP contribution in [0, 0.1) is 0 Å². The smallest absolute Gasteiger partial charge is 0.259 e. The van der Waals surface area contributed by atoms with Crippen LogP contribution in [0.5, 0.6) is 5.75 Å². The highest BCUT2D eigenvalue weighted by atomic mass is 32.1. The first-order chi connectivity index (χ1) is 11.7. The number of anilines is 1. The standard InChI is InChI=1S/C17H16N4O2S/c1-23-13-8-6-12(7-9-13)10-19-21-16(22)11-18-17-20-14-4-2-3-5-15(14)24-17/h2-10H,11H2,1H3,(H,18,20)(H,21,22)/b19-10-. The minimum Gasteiger partial charge on any atom is -0.497 e. The predicted octanol–water partition coefficient (Wildman–Crippen LogP) is 2.87. The average molecular weight is 340 g/mol. The highest BCUT2D eigenvalue weighted by Gasteiger charge is 2.04. The first-order valence-corrected chi connectivity index (χ1v) is 8.11. The van der Waals surface area contributed by atoms with E-state index in [0.29, 0.717) is 5.13 Å². The van der Waals surface area contributed by atoms with Gasteiger partial charge >= 0.3 is 0 Å². The molecule has 0 bridgehead atoms. The summed E-state index contributed by atoms with van der Waals surface area (Å²) in [5, 5.41) is 7.65. The molecule has 122 valence electrons. The molecule has 0 spiro atoms. The van der Waals surface area contributed by atoms with Gasteiger partial charge < -0.3 is 10.1 Å². The SMILES string of the molecule is COc1ccc(/C=N\NC(=O)CNc2nc3ccccc3s2)cc1. The Morgan fingerprint density at radius 2 is 2.04 bits per heavy atom. The third kappa shape index (κ3) is 4.08. The molecule has 1 aromatic heterocycles. The largest absolute Gasteiger partial charge is 0.497 e. The van der Waals surface area contributed by atoms with Gasteiger partial charge in [0.15, 0.2) is 5.13 Å². The van der Waals surface area contributed by atoms with Crippen molar-refractivity contribution in [2.24, 2.45) is 5.10 Å². The summed E-state index contributed by atoms with van der Waals surface area (Å²) < 4.78 is 6.16. The topological polar surface area (TPSA) is 75.6 Å². The molecular formula is C17H16N4O2S. The lowest BCUT2D eigenvalue weighted by Gasteiger charge is -2.01. The van der Waals surface area contributed by atoms with Gasteiger partial charge in [-0.05, 0) is 42.0 Å². The fourth-order valence-corrected chi connectivity index (χ4v) is 2.87. The summed E-state index contributed by atoms with van der Waals surface area (Å²) >= 11 is 1.51. The Morgan fingerprint density at radius 1 is 1.25 bits per heavy atom. The number of nitrogens with one attached hydrogen (secondary N) is 2. The van der Waals surface area contributed by atoms with Gasteiger partial charge in [0.05, 0.1) is 30.1 Å². The maximum Gasteiger partial charge on any atom is 0.259 e. The number of hydrazone groups is 1. The minimum absolute atomic E-state index is 0.111. The minimum atomic E-state index is -0.237. The number of thiazole rings is 1. The van der Waals surface area contributed by atoms with Crippen molar-refractivity contribution in [1.82, 2.24) is 10.4 Å². The van der Waals surface area contributed by atoms with E-state index in [1.54, 1.807) is 13.3 Å². The zero-order chi connectivity index (χ0) is 16.8. The van der Waals surface area contributed by atoms with Crippen LogP contribution in [-0.4, -0.2) is 30.8 Å². The van der Waals surface area contributed by atoms with Gasteiger partial charge in [-0.3, -0.25) is 4.79 Å². The number of hydrogen-bond acceptors (Lipinski definition) is 6. The lowest BCUT2D eigenvalue weighted by Crippen LogP contribution is -2.25. The normalized spacial score (nSPS) is 10.9. The van der Waals surface area contributed by atoms with Gasteiger partial charge in [-0.1, -0.05) is 23.5 Å². The van der Waals surface area contributed by atoms with Crippen LogP contribution in [-0.2, 0) is 4.79 Å². The van der Waals surface area contributed by atoms with Gasteiger partial charge in [-0.2, -0.15) is 5.10 Å². The van der Waals surface area contributed by atoms with E-state index in [-0.39, 0.29) is 12.5 Å². The molecule has 0 saturated heterocycles. The molecule has 0 fully saturated rings. The Morgan fingerprint density at radius 3 is 2.79 bits per heavy atom. The number of methoxy groups -OCH3 is 1. The fraction of sp³-hybridized carbons (Fsp3) is 0.118. The van der Waals surface area contributed by atoms with Crippen LogP contribution < -0.4 is 15.5 Å². The quantitative estimate of drug-likeness (QED) is 0.534. The molecule has 0 unspecified atom stereocenters. The summed E-state index contributed by atoms with van der Waals surface area (Å²) in [6.07, 6.45) is 1.58. The number of nitrogens with zero attached hydrogens (tertiary/aromatic N) is 2. The van der Waals surface area contributed by atoms with Crippen LogP contribution >= 0.6 is 11.3 Å². The van der Waals surface area contributed by atoms with Crippen LogP contribution in [0.2, 0.25) is 0 Å². The van der Waals surface area contributed by atoms with E-state index in [0.717, 1.165) is 21.5 Å². The second-order valence-corrected chi connectivity index (χ2v) is 5.94. The summed E-state index contributed by atoms with van der Waals surface area (Å²) in [6.45, 7) is 0.111. The number of para-hydroxylation sites is 1. The number of ether oxygens (including phenoxy) is 1. The van der Waals surface area contributed by atoms with E-state index in [1.165, 1.54) is 11.3 Å². The lowest BCUT2D eigenvalue weighted by atomic mass is 10.2. The Labute approximate surface area is 143 Å². The summed E-state index contributed by atoms with van der Waals surface area (Å²) in [4.78, 5) is 16.2. The molecular weight excluding hydrogens is 324 g/mol. The second-order valence-electron chi connectivity index (χ2n) is 4.91. The van der Waals surface area contributed by atoms with Crippen molar-refractivity contribution in [2.75, 3.05) is 19.0 Å². The van der Waals surface area contributed by atoms with Gasteiger partial charge in [-0.25, -0.2) is 10.4 Å². The maximum absolute atomic E-state index is 11.8. The highest BCUT2D eigenvalue weighted by molar-refractivity contribution is 7.22. The summed E-state index contributed by atoms with van der Waals surface area (Å²) in [5.74, 6) is 0.537. The molecule has 1 heterocycles. The van der Waals surface area contributed by atoms with E-state index in [9.17, 15) is 4.79 Å². The number of carbonyl (C=O) groups excluding carboxylic acids is 1. The molecule has 2 aromatic carbocycles. The van der Waals surface area contributed by atoms with E-state index < -0.39 is 0 Å². The van der Waals surface area contributed by atoms with Crippen LogP contribution in [0.25, 0.3) is 10.2 Å². The molecule has 7 heteroatoms. The summed E-state index contributed by atoms with van der Waals surface area (Å²) in [7, 11) is 1.61. The van der Waals surface area contributed by atoms with Gasteiger partial charge in [0.1, 0.15) is 5.75 Å². The molecule has 0 saturated carbocycles. The van der Waals surface area contributed by atoms with Crippen molar-refractivity contribution in [1.29, 1.82) is 0 Å². The first-order valence-electron chi connectivity index (χ1n) is 7.30. The van der Waals surface area contributed by atoms with Crippen molar-refractivity contribution in [2.45, 2.75) is 0 Å². The highest BCUT2D eigenvalue weighted by Crippen LogP contribution is 2.24. The number of hydrogen-bond donors (Lipinski definition) is 2. The summed E-state index contributed by atoms with van der Waals surface area (Å²) in [5.41, 5.74) is 4.27. The van der Waals surface area contributed by atoms with Gasteiger partial charge in [0.2, 0.25) is 0 Å². The molecule has 0 radical (unpaired) electrons. The number of benzene rings is 2. The Balaban J connectivity index is 1.49. The number of amides is 1. The van der Waals surface area contributed by atoms with E-state index in [2.05, 4.69) is 20.8 Å². The zero-order valence-corrected chi connectivity index (χ0v) is 13.8. The van der Waals surface area contributed by atoms with Crippen LogP contribution in [0.15, 0.2) is 53.6 Å². The van der Waals surface area contributed by atoms with Crippen molar-refractivity contribution < 1.29 is 9.53 Å². The van der Waals surface area contributed by atoms with E-state index in [1.807, 2.05) is 48.5 Å². The van der Waals surface area contributed by atoms with E-state index >= 15 is 0 Å². The average Bonchev–Trinajstić information content (AvgIpc) is 3.03. The number of aromatic nitrogens is 1. The van der Waals surface area contributed by atoms with Gasteiger partial charge in [-0.15, -0.1) is 0 Å². The predicted molar refractivity (Wildman–Crippen MR) is 96.8 cm³/mol. The van der Waals surface area contributed by atoms with Crippen molar-refractivity contribution >= 4 is 38.8 Å². The second kappa shape index (κ2) is 7.56. The molecule has 3 rings (SSSR count). The third-order valence-corrected chi connectivity index (χ3v) is 4.21. The van der Waals surface area contributed by atoms with Gasteiger partial charge in [0.25, 0.3) is 5.91 Å².